The van der Waals surface area contributed by atoms with Crippen molar-refractivity contribution in [2.24, 2.45) is 0 Å². The third-order valence-corrected chi connectivity index (χ3v) is 5.63. The quantitative estimate of drug-likeness (QED) is 0.297. The number of ether oxygens (including phenoxy) is 1. The Morgan fingerprint density at radius 3 is 2.53 bits per heavy atom. The van der Waals surface area contributed by atoms with E-state index in [1.807, 2.05) is 48.5 Å². The molecule has 0 aliphatic rings. The van der Waals surface area contributed by atoms with Gasteiger partial charge in [-0.3, -0.25) is 4.79 Å². The van der Waals surface area contributed by atoms with Crippen molar-refractivity contribution in [1.82, 2.24) is 4.98 Å². The molecule has 7 heteroatoms. The molecule has 34 heavy (non-hydrogen) atoms. The third kappa shape index (κ3) is 4.23. The number of para-hydroxylation sites is 2. The molecule has 0 saturated carbocycles. The Kier molecular flexibility index (Phi) is 5.74. The molecule has 5 aromatic rings. The van der Waals surface area contributed by atoms with Gasteiger partial charge in [0.2, 0.25) is 5.89 Å². The van der Waals surface area contributed by atoms with Gasteiger partial charge in [-0.05, 0) is 54.8 Å². The number of fused-ring (bicyclic) bond motifs is 2. The minimum absolute atomic E-state index is 0.317. The first-order chi connectivity index (χ1) is 16.5. The van der Waals surface area contributed by atoms with E-state index in [4.69, 9.17) is 20.8 Å². The molecule has 1 atom stereocenters. The second-order valence-corrected chi connectivity index (χ2v) is 8.18. The number of rotatable bonds is 5. The van der Waals surface area contributed by atoms with Gasteiger partial charge in [-0.2, -0.15) is 0 Å². The first-order valence-corrected chi connectivity index (χ1v) is 11.0. The van der Waals surface area contributed by atoms with Crippen LogP contribution >= 0.6 is 11.6 Å². The molecule has 0 fully saturated rings. The van der Waals surface area contributed by atoms with Gasteiger partial charge in [0.25, 0.3) is 5.91 Å². The number of nitrogens with one attached hydrogen (secondary N) is 1. The first-order valence-electron chi connectivity index (χ1n) is 10.6. The van der Waals surface area contributed by atoms with E-state index in [0.717, 1.165) is 10.9 Å². The Balaban J connectivity index is 1.46. The van der Waals surface area contributed by atoms with Crippen molar-refractivity contribution in [3.8, 4) is 11.5 Å². The van der Waals surface area contributed by atoms with Crippen LogP contribution in [0.25, 0.3) is 33.3 Å². The lowest BCUT2D eigenvalue weighted by atomic mass is 9.99. The van der Waals surface area contributed by atoms with E-state index in [2.05, 4.69) is 10.3 Å². The number of hydrogen-bond donors (Lipinski definition) is 1. The predicted octanol–water partition coefficient (Wildman–Crippen LogP) is 6.49. The average Bonchev–Trinajstić information content (AvgIpc) is 3.27. The van der Waals surface area contributed by atoms with Gasteiger partial charge in [-0.1, -0.05) is 54.1 Å². The van der Waals surface area contributed by atoms with Gasteiger partial charge >= 0.3 is 5.97 Å². The summed E-state index contributed by atoms with van der Waals surface area (Å²) in [6.07, 6.45) is -1.03. The van der Waals surface area contributed by atoms with E-state index < -0.39 is 18.0 Å². The highest BCUT2D eigenvalue weighted by atomic mass is 35.5. The predicted molar refractivity (Wildman–Crippen MR) is 132 cm³/mol. The molecule has 1 N–H and O–H groups in total. The van der Waals surface area contributed by atoms with Crippen molar-refractivity contribution in [1.29, 1.82) is 0 Å². The normalized spacial score (nSPS) is 11.9. The standard InChI is InChI=1S/C27H19ClN2O4/c1-16(25(31)29-19-10-6-9-18(28)15-19)33-27(32)21-12-5-8-17-7-4-11-20(24(17)21)26-30-22-13-2-3-14-23(22)34-26/h2-16H,1H3,(H,29,31). The van der Waals surface area contributed by atoms with E-state index in [9.17, 15) is 9.59 Å². The molecule has 0 aliphatic carbocycles. The second kappa shape index (κ2) is 9.00. The Labute approximate surface area is 200 Å². The molecule has 5 rings (SSSR count). The van der Waals surface area contributed by atoms with E-state index in [0.29, 0.717) is 38.7 Å². The summed E-state index contributed by atoms with van der Waals surface area (Å²) < 4.78 is 11.5. The monoisotopic (exact) mass is 470 g/mol. The Morgan fingerprint density at radius 1 is 0.971 bits per heavy atom. The summed E-state index contributed by atoms with van der Waals surface area (Å²) in [5.74, 6) is -0.684. The zero-order valence-corrected chi connectivity index (χ0v) is 18.9. The van der Waals surface area contributed by atoms with Crippen molar-refractivity contribution in [3.05, 3.63) is 95.5 Å². The molecule has 1 heterocycles. The van der Waals surface area contributed by atoms with Crippen molar-refractivity contribution >= 4 is 51.0 Å². The Hall–Kier alpha value is -4.16. The number of benzene rings is 4. The fraction of sp³-hybridized carbons (Fsp3) is 0.0741. The van der Waals surface area contributed by atoms with Crippen LogP contribution in [0.15, 0.2) is 89.3 Å². The fourth-order valence-corrected chi connectivity index (χ4v) is 3.95. The Morgan fingerprint density at radius 2 is 1.74 bits per heavy atom. The summed E-state index contributed by atoms with van der Waals surface area (Å²) in [5.41, 5.74) is 2.88. The van der Waals surface area contributed by atoms with Crippen LogP contribution in [-0.4, -0.2) is 23.0 Å². The zero-order chi connectivity index (χ0) is 23.7. The lowest BCUT2D eigenvalue weighted by molar-refractivity contribution is -0.123. The molecular formula is C27H19ClN2O4. The molecule has 1 aromatic heterocycles. The minimum Gasteiger partial charge on any atom is -0.449 e. The smallest absolute Gasteiger partial charge is 0.339 e. The highest BCUT2D eigenvalue weighted by molar-refractivity contribution is 6.30. The molecule has 0 saturated heterocycles. The van der Waals surface area contributed by atoms with Crippen molar-refractivity contribution in [2.75, 3.05) is 5.32 Å². The van der Waals surface area contributed by atoms with Crippen LogP contribution in [0.1, 0.15) is 17.3 Å². The van der Waals surface area contributed by atoms with Gasteiger partial charge in [-0.15, -0.1) is 0 Å². The maximum atomic E-state index is 13.2. The first kappa shape index (κ1) is 21.7. The number of hydrogen-bond acceptors (Lipinski definition) is 5. The van der Waals surface area contributed by atoms with Crippen LogP contribution in [0.2, 0.25) is 5.02 Å². The average molecular weight is 471 g/mol. The number of oxazole rings is 1. The molecule has 168 valence electrons. The van der Waals surface area contributed by atoms with Crippen LogP contribution < -0.4 is 5.32 Å². The largest absolute Gasteiger partial charge is 0.449 e. The highest BCUT2D eigenvalue weighted by Crippen LogP contribution is 2.33. The summed E-state index contributed by atoms with van der Waals surface area (Å²) in [4.78, 5) is 30.3. The van der Waals surface area contributed by atoms with Gasteiger partial charge in [0, 0.05) is 21.7 Å². The van der Waals surface area contributed by atoms with Crippen molar-refractivity contribution in [3.63, 3.8) is 0 Å². The van der Waals surface area contributed by atoms with E-state index >= 15 is 0 Å². The Bertz CT molecular complexity index is 1500. The van der Waals surface area contributed by atoms with E-state index in [1.54, 1.807) is 36.4 Å². The van der Waals surface area contributed by atoms with Gasteiger partial charge in [0.1, 0.15) is 5.52 Å². The van der Waals surface area contributed by atoms with Crippen LogP contribution in [-0.2, 0) is 9.53 Å². The molecule has 0 radical (unpaired) electrons. The number of halogens is 1. The number of nitrogens with zero attached hydrogens (tertiary/aromatic N) is 1. The SMILES string of the molecule is CC(OC(=O)c1cccc2cccc(-c3nc4ccccc4o3)c12)C(=O)Nc1cccc(Cl)c1. The van der Waals surface area contributed by atoms with Crippen LogP contribution in [0, 0.1) is 0 Å². The summed E-state index contributed by atoms with van der Waals surface area (Å²) in [6.45, 7) is 1.52. The van der Waals surface area contributed by atoms with Gasteiger partial charge in [0.05, 0.1) is 5.56 Å². The summed E-state index contributed by atoms with van der Waals surface area (Å²) in [7, 11) is 0. The topological polar surface area (TPSA) is 81.4 Å². The van der Waals surface area contributed by atoms with Gasteiger partial charge in [-0.25, -0.2) is 9.78 Å². The molecule has 1 unspecified atom stereocenters. The number of carbonyl (C=O) groups is 2. The fourth-order valence-electron chi connectivity index (χ4n) is 3.76. The lowest BCUT2D eigenvalue weighted by Gasteiger charge is -2.15. The third-order valence-electron chi connectivity index (χ3n) is 5.39. The molecule has 0 bridgehead atoms. The van der Waals surface area contributed by atoms with Gasteiger partial charge < -0.3 is 14.5 Å². The minimum atomic E-state index is -1.03. The number of carbonyl (C=O) groups excluding carboxylic acids is 2. The number of aromatic nitrogens is 1. The molecule has 6 nitrogen and oxygen atoms in total. The maximum Gasteiger partial charge on any atom is 0.339 e. The molecule has 4 aromatic carbocycles. The summed E-state index contributed by atoms with van der Waals surface area (Å²) in [5, 5.41) is 4.66. The van der Waals surface area contributed by atoms with Crippen LogP contribution in [0.4, 0.5) is 5.69 Å². The molecular weight excluding hydrogens is 452 g/mol. The molecule has 0 aliphatic heterocycles. The van der Waals surface area contributed by atoms with Crippen LogP contribution in [0.5, 0.6) is 0 Å². The van der Waals surface area contributed by atoms with Gasteiger partial charge in [0.15, 0.2) is 11.7 Å². The van der Waals surface area contributed by atoms with Crippen molar-refractivity contribution < 1.29 is 18.7 Å². The second-order valence-electron chi connectivity index (χ2n) is 7.74. The number of esters is 1. The van der Waals surface area contributed by atoms with E-state index in [1.165, 1.54) is 6.92 Å². The summed E-state index contributed by atoms with van der Waals surface area (Å²) >= 11 is 5.97. The van der Waals surface area contributed by atoms with Crippen molar-refractivity contribution in [2.45, 2.75) is 13.0 Å². The van der Waals surface area contributed by atoms with Crippen LogP contribution in [0.3, 0.4) is 0 Å². The number of anilines is 1. The molecule has 0 spiro atoms. The van der Waals surface area contributed by atoms with E-state index in [-0.39, 0.29) is 0 Å². The summed E-state index contributed by atoms with van der Waals surface area (Å²) in [6, 6.07) is 25.2. The maximum absolute atomic E-state index is 13.2. The highest BCUT2D eigenvalue weighted by Gasteiger charge is 2.23. The zero-order valence-electron chi connectivity index (χ0n) is 18.1. The molecule has 1 amide bonds. The lowest BCUT2D eigenvalue weighted by Crippen LogP contribution is -2.30. The number of amides is 1.